The van der Waals surface area contributed by atoms with Crippen LogP contribution in [0.1, 0.15) is 38.2 Å². The van der Waals surface area contributed by atoms with Gasteiger partial charge in [-0.1, -0.05) is 30.3 Å². The predicted molar refractivity (Wildman–Crippen MR) is 104 cm³/mol. The first-order valence-corrected chi connectivity index (χ1v) is 9.50. The Balaban J connectivity index is 1.78. The molecule has 1 fully saturated rings. The zero-order chi connectivity index (χ0) is 17.9. The normalized spacial score (nSPS) is 15.9. The van der Waals surface area contributed by atoms with Crippen LogP contribution in [0.3, 0.4) is 0 Å². The van der Waals surface area contributed by atoms with Crippen molar-refractivity contribution >= 4 is 11.9 Å². The number of guanidine groups is 1. The van der Waals surface area contributed by atoms with Gasteiger partial charge in [-0.2, -0.15) is 0 Å². The van der Waals surface area contributed by atoms with Crippen molar-refractivity contribution in [3.63, 3.8) is 0 Å². The van der Waals surface area contributed by atoms with Crippen molar-refractivity contribution < 1.29 is 4.79 Å². The highest BCUT2D eigenvalue weighted by Gasteiger charge is 2.22. The van der Waals surface area contributed by atoms with Crippen molar-refractivity contribution in [2.75, 3.05) is 33.2 Å². The lowest BCUT2D eigenvalue weighted by Gasteiger charge is -2.34. The number of nitrogens with one attached hydrogen (secondary N) is 2. The Labute approximate surface area is 151 Å². The second kappa shape index (κ2) is 10.7. The van der Waals surface area contributed by atoms with Gasteiger partial charge < -0.3 is 15.5 Å². The van der Waals surface area contributed by atoms with Gasteiger partial charge in [-0.25, -0.2) is 0 Å². The van der Waals surface area contributed by atoms with Gasteiger partial charge >= 0.3 is 0 Å². The third-order valence-electron chi connectivity index (χ3n) is 4.73. The summed E-state index contributed by atoms with van der Waals surface area (Å²) in [5.74, 6) is 1.67. The lowest BCUT2D eigenvalue weighted by Crippen LogP contribution is -2.46. The number of aryl methyl sites for hydroxylation is 1. The standard InChI is InChI=1S/C20H32N4O/c1-3-22-20(23-13-7-10-17-8-5-4-6-9-17)24-14-11-18(12-15-24)16-19(25)21-2/h4-6,8-9,18H,3,7,10-16H2,1-2H3,(H,21,25)(H,22,23). The quantitative estimate of drug-likeness (QED) is 0.454. The molecule has 138 valence electrons. The van der Waals surface area contributed by atoms with Crippen LogP contribution >= 0.6 is 0 Å². The van der Waals surface area contributed by atoms with Gasteiger partial charge in [0.25, 0.3) is 0 Å². The van der Waals surface area contributed by atoms with E-state index in [2.05, 4.69) is 52.8 Å². The second-order valence-corrected chi connectivity index (χ2v) is 6.63. The largest absolute Gasteiger partial charge is 0.359 e. The number of amides is 1. The number of likely N-dealkylation sites (tertiary alicyclic amines) is 1. The molecule has 25 heavy (non-hydrogen) atoms. The fourth-order valence-corrected chi connectivity index (χ4v) is 3.25. The summed E-state index contributed by atoms with van der Waals surface area (Å²) in [6, 6.07) is 10.6. The maximum absolute atomic E-state index is 11.5. The van der Waals surface area contributed by atoms with Crippen LogP contribution in [0.15, 0.2) is 35.3 Å². The summed E-state index contributed by atoms with van der Waals surface area (Å²) in [5.41, 5.74) is 1.37. The highest BCUT2D eigenvalue weighted by atomic mass is 16.1. The first kappa shape index (κ1) is 19.3. The first-order chi connectivity index (χ1) is 12.2. The molecule has 2 rings (SSSR count). The summed E-state index contributed by atoms with van der Waals surface area (Å²) in [6.07, 6.45) is 4.89. The number of aliphatic imine (C=N–C) groups is 1. The van der Waals surface area contributed by atoms with E-state index in [9.17, 15) is 4.79 Å². The number of piperidine rings is 1. The summed E-state index contributed by atoms with van der Waals surface area (Å²) in [7, 11) is 1.71. The van der Waals surface area contributed by atoms with E-state index in [4.69, 9.17) is 4.99 Å². The molecule has 0 bridgehead atoms. The molecule has 0 radical (unpaired) electrons. The van der Waals surface area contributed by atoms with Crippen LogP contribution in [0.5, 0.6) is 0 Å². The average molecular weight is 345 g/mol. The molecule has 1 aromatic carbocycles. The molecule has 1 aliphatic rings. The summed E-state index contributed by atoms with van der Waals surface area (Å²) in [4.78, 5) is 18.7. The third kappa shape index (κ3) is 6.77. The molecular weight excluding hydrogens is 312 g/mol. The summed E-state index contributed by atoms with van der Waals surface area (Å²) in [5, 5.41) is 6.14. The highest BCUT2D eigenvalue weighted by molar-refractivity contribution is 5.80. The van der Waals surface area contributed by atoms with Crippen LogP contribution < -0.4 is 10.6 Å². The molecule has 5 heteroatoms. The number of benzene rings is 1. The SMILES string of the molecule is CCNC(=NCCCc1ccccc1)N1CCC(CC(=O)NC)CC1. The van der Waals surface area contributed by atoms with Gasteiger partial charge in [0.15, 0.2) is 5.96 Å². The van der Waals surface area contributed by atoms with E-state index in [1.54, 1.807) is 7.05 Å². The van der Waals surface area contributed by atoms with E-state index in [1.807, 2.05) is 0 Å². The van der Waals surface area contributed by atoms with Gasteiger partial charge in [0.1, 0.15) is 0 Å². The Hall–Kier alpha value is -2.04. The molecule has 1 saturated heterocycles. The first-order valence-electron chi connectivity index (χ1n) is 9.50. The Morgan fingerprint density at radius 3 is 2.60 bits per heavy atom. The van der Waals surface area contributed by atoms with E-state index < -0.39 is 0 Å². The molecule has 0 atom stereocenters. The number of rotatable bonds is 7. The maximum atomic E-state index is 11.5. The molecule has 1 heterocycles. The minimum Gasteiger partial charge on any atom is -0.359 e. The third-order valence-corrected chi connectivity index (χ3v) is 4.73. The fourth-order valence-electron chi connectivity index (χ4n) is 3.25. The molecule has 0 spiro atoms. The van der Waals surface area contributed by atoms with Crippen molar-refractivity contribution in [1.29, 1.82) is 0 Å². The minimum absolute atomic E-state index is 0.153. The Morgan fingerprint density at radius 2 is 1.96 bits per heavy atom. The Kier molecular flexibility index (Phi) is 8.29. The predicted octanol–water partition coefficient (Wildman–Crippen LogP) is 2.43. The molecule has 0 saturated carbocycles. The molecule has 5 nitrogen and oxygen atoms in total. The van der Waals surface area contributed by atoms with Crippen LogP contribution in [-0.4, -0.2) is 50.0 Å². The van der Waals surface area contributed by atoms with Crippen molar-refractivity contribution in [3.05, 3.63) is 35.9 Å². The number of hydrogen-bond donors (Lipinski definition) is 2. The zero-order valence-corrected chi connectivity index (χ0v) is 15.6. The summed E-state index contributed by atoms with van der Waals surface area (Å²) >= 11 is 0. The van der Waals surface area contributed by atoms with E-state index in [0.717, 1.165) is 57.8 Å². The number of carbonyl (C=O) groups is 1. The van der Waals surface area contributed by atoms with Crippen molar-refractivity contribution in [3.8, 4) is 0 Å². The highest BCUT2D eigenvalue weighted by Crippen LogP contribution is 2.20. The zero-order valence-electron chi connectivity index (χ0n) is 15.6. The van der Waals surface area contributed by atoms with Gasteiger partial charge in [-0.15, -0.1) is 0 Å². The second-order valence-electron chi connectivity index (χ2n) is 6.63. The molecule has 0 aliphatic carbocycles. The van der Waals surface area contributed by atoms with Crippen LogP contribution in [0.25, 0.3) is 0 Å². The number of nitrogens with zero attached hydrogens (tertiary/aromatic N) is 2. The molecule has 0 unspecified atom stereocenters. The van der Waals surface area contributed by atoms with Gasteiger partial charge in [0.2, 0.25) is 5.91 Å². The van der Waals surface area contributed by atoms with Crippen LogP contribution in [0.2, 0.25) is 0 Å². The summed E-state index contributed by atoms with van der Waals surface area (Å²) < 4.78 is 0. The number of hydrogen-bond acceptors (Lipinski definition) is 2. The number of carbonyl (C=O) groups excluding carboxylic acids is 1. The lowest BCUT2D eigenvalue weighted by molar-refractivity contribution is -0.121. The molecule has 1 amide bonds. The van der Waals surface area contributed by atoms with Crippen LogP contribution in [0, 0.1) is 5.92 Å². The van der Waals surface area contributed by atoms with Crippen molar-refractivity contribution in [2.24, 2.45) is 10.9 Å². The van der Waals surface area contributed by atoms with Gasteiger partial charge in [-0.3, -0.25) is 9.79 Å². The molecule has 2 N–H and O–H groups in total. The van der Waals surface area contributed by atoms with E-state index in [0.29, 0.717) is 12.3 Å². The van der Waals surface area contributed by atoms with Crippen LogP contribution in [-0.2, 0) is 11.2 Å². The summed E-state index contributed by atoms with van der Waals surface area (Å²) in [6.45, 7) is 5.79. The Bertz CT molecular complexity index is 536. The van der Waals surface area contributed by atoms with E-state index in [1.165, 1.54) is 5.56 Å². The monoisotopic (exact) mass is 344 g/mol. The lowest BCUT2D eigenvalue weighted by atomic mass is 9.93. The van der Waals surface area contributed by atoms with Crippen molar-refractivity contribution in [1.82, 2.24) is 15.5 Å². The van der Waals surface area contributed by atoms with Crippen LogP contribution in [0.4, 0.5) is 0 Å². The van der Waals surface area contributed by atoms with E-state index in [-0.39, 0.29) is 5.91 Å². The molecular formula is C20H32N4O. The smallest absolute Gasteiger partial charge is 0.220 e. The molecule has 0 aromatic heterocycles. The topological polar surface area (TPSA) is 56.7 Å². The van der Waals surface area contributed by atoms with Gasteiger partial charge in [-0.05, 0) is 44.1 Å². The maximum Gasteiger partial charge on any atom is 0.220 e. The molecule has 1 aliphatic heterocycles. The average Bonchev–Trinajstić information content (AvgIpc) is 2.65. The van der Waals surface area contributed by atoms with Crippen molar-refractivity contribution in [2.45, 2.75) is 39.0 Å². The van der Waals surface area contributed by atoms with Gasteiger partial charge in [0.05, 0.1) is 0 Å². The van der Waals surface area contributed by atoms with E-state index >= 15 is 0 Å². The van der Waals surface area contributed by atoms with Gasteiger partial charge in [0, 0.05) is 39.6 Å². The fraction of sp³-hybridized carbons (Fsp3) is 0.600. The minimum atomic E-state index is 0.153. The Morgan fingerprint density at radius 1 is 1.24 bits per heavy atom. The molecule has 1 aromatic rings.